The second kappa shape index (κ2) is 4.73. The summed E-state index contributed by atoms with van der Waals surface area (Å²) in [5.74, 6) is 1.13. The highest BCUT2D eigenvalue weighted by molar-refractivity contribution is 6.25. The molecule has 0 bridgehead atoms. The van der Waals surface area contributed by atoms with E-state index in [1.54, 1.807) is 0 Å². The summed E-state index contributed by atoms with van der Waals surface area (Å²) in [4.78, 5) is 2.43. The number of para-hydroxylation sites is 1. The normalized spacial score (nSPS) is 22.8. The van der Waals surface area contributed by atoms with Gasteiger partial charge in [-0.1, -0.05) is 30.4 Å². The molecule has 3 aliphatic rings. The Hall–Kier alpha value is -2.03. The van der Waals surface area contributed by atoms with Crippen LogP contribution in [0.4, 0.5) is 5.69 Å². The first kappa shape index (κ1) is 13.6. The van der Waals surface area contributed by atoms with E-state index in [0.29, 0.717) is 6.04 Å². The Bertz CT molecular complexity index is 724. The molecule has 1 aliphatic carbocycles. The summed E-state index contributed by atoms with van der Waals surface area (Å²) < 4.78 is 0. The molecule has 1 aromatic rings. The van der Waals surface area contributed by atoms with Crippen molar-refractivity contribution in [1.29, 1.82) is 0 Å². The topological polar surface area (TPSA) is 18.8 Å². The van der Waals surface area contributed by atoms with Crippen LogP contribution in [0.15, 0.2) is 41.0 Å². The summed E-state index contributed by atoms with van der Waals surface area (Å²) in [6, 6.07) is 7.04. The number of fused-ring (bicyclic) bond motifs is 6. The number of allylic oxidation sites excluding steroid dienone is 2. The van der Waals surface area contributed by atoms with Crippen LogP contribution in [0.5, 0.6) is 0 Å². The number of aryl methyl sites for hydroxylation is 1. The highest BCUT2D eigenvalue weighted by atomic mass is 15.6. The van der Waals surface area contributed by atoms with Gasteiger partial charge in [-0.2, -0.15) is 5.10 Å². The van der Waals surface area contributed by atoms with Crippen molar-refractivity contribution in [3.63, 3.8) is 0 Å². The minimum Gasteiger partial charge on any atom is -0.301 e. The third kappa shape index (κ3) is 1.71. The molecule has 0 aromatic heterocycles. The summed E-state index contributed by atoms with van der Waals surface area (Å²) in [7, 11) is 0. The lowest BCUT2D eigenvalue weighted by Gasteiger charge is -2.38. The smallest absolute Gasteiger partial charge is 0.162 e. The second-order valence-electron chi connectivity index (χ2n) is 6.68. The maximum absolute atomic E-state index is 4.98. The van der Waals surface area contributed by atoms with Crippen LogP contribution in [-0.4, -0.2) is 23.1 Å². The number of hydrogen-bond donors (Lipinski definition) is 0. The van der Waals surface area contributed by atoms with Crippen LogP contribution >= 0.6 is 0 Å². The first-order valence-electron chi connectivity index (χ1n) is 8.27. The zero-order chi connectivity index (χ0) is 15.4. The van der Waals surface area contributed by atoms with Gasteiger partial charge in [0.1, 0.15) is 6.17 Å². The standard InChI is InChI=1S/C19H23N3/c1-12(2)22-14(4)21-18-13(3)8-7-11-16(18)15-9-5-6-10-17(15)19(21)20-22/h7-12,14H,5-6H2,1-4H3. The number of amidine groups is 1. The monoisotopic (exact) mass is 293 g/mol. The van der Waals surface area contributed by atoms with Crippen LogP contribution in [0, 0.1) is 6.92 Å². The van der Waals surface area contributed by atoms with Crippen LogP contribution < -0.4 is 4.90 Å². The lowest BCUT2D eigenvalue weighted by Crippen LogP contribution is -2.45. The largest absolute Gasteiger partial charge is 0.301 e. The minimum atomic E-state index is 0.263. The molecule has 0 fully saturated rings. The predicted octanol–water partition coefficient (Wildman–Crippen LogP) is 4.30. The number of hydrogen-bond acceptors (Lipinski definition) is 3. The van der Waals surface area contributed by atoms with E-state index in [1.807, 2.05) is 0 Å². The van der Waals surface area contributed by atoms with E-state index in [2.05, 4.69) is 68.0 Å². The molecule has 114 valence electrons. The van der Waals surface area contributed by atoms with Gasteiger partial charge in [0.05, 0.1) is 5.69 Å². The fourth-order valence-electron chi connectivity index (χ4n) is 3.90. The molecule has 0 N–H and O–H groups in total. The van der Waals surface area contributed by atoms with Gasteiger partial charge in [-0.15, -0.1) is 0 Å². The van der Waals surface area contributed by atoms with Crippen molar-refractivity contribution in [3.05, 3.63) is 47.1 Å². The lowest BCUT2D eigenvalue weighted by atomic mass is 9.85. The average Bonchev–Trinajstić information content (AvgIpc) is 2.86. The summed E-state index contributed by atoms with van der Waals surface area (Å²) in [6.45, 7) is 8.89. The number of benzene rings is 1. The van der Waals surface area contributed by atoms with Gasteiger partial charge in [-0.3, -0.25) is 5.01 Å². The first-order chi connectivity index (χ1) is 10.6. The quantitative estimate of drug-likeness (QED) is 0.768. The molecule has 0 saturated carbocycles. The SMILES string of the molecule is Cc1cccc2c1N1C(=NN(C(C)C)C1C)C1=CCCC=C12. The highest BCUT2D eigenvalue weighted by Gasteiger charge is 2.41. The highest BCUT2D eigenvalue weighted by Crippen LogP contribution is 2.46. The molecule has 3 heteroatoms. The van der Waals surface area contributed by atoms with Crippen molar-refractivity contribution in [2.45, 2.75) is 52.7 Å². The number of nitrogens with zero attached hydrogens (tertiary/aromatic N) is 3. The summed E-state index contributed by atoms with van der Waals surface area (Å²) in [5.41, 5.74) is 6.72. The van der Waals surface area contributed by atoms with Crippen LogP contribution in [0.3, 0.4) is 0 Å². The van der Waals surface area contributed by atoms with E-state index < -0.39 is 0 Å². The van der Waals surface area contributed by atoms with E-state index >= 15 is 0 Å². The Balaban J connectivity index is 1.98. The number of anilines is 1. The first-order valence-corrected chi connectivity index (χ1v) is 8.27. The van der Waals surface area contributed by atoms with Gasteiger partial charge in [0.15, 0.2) is 5.84 Å². The number of rotatable bonds is 1. The van der Waals surface area contributed by atoms with Gasteiger partial charge in [0, 0.05) is 17.2 Å². The molecular formula is C19H23N3. The molecule has 22 heavy (non-hydrogen) atoms. The van der Waals surface area contributed by atoms with Crippen molar-refractivity contribution < 1.29 is 0 Å². The minimum absolute atomic E-state index is 0.263. The van der Waals surface area contributed by atoms with Crippen LogP contribution in [0.2, 0.25) is 0 Å². The fourth-order valence-corrected chi connectivity index (χ4v) is 3.90. The van der Waals surface area contributed by atoms with Gasteiger partial charge < -0.3 is 4.90 Å². The van der Waals surface area contributed by atoms with Gasteiger partial charge in [-0.25, -0.2) is 0 Å². The van der Waals surface area contributed by atoms with Crippen molar-refractivity contribution in [2.75, 3.05) is 4.90 Å². The molecule has 0 spiro atoms. The third-order valence-corrected chi connectivity index (χ3v) is 4.89. The molecule has 2 heterocycles. The van der Waals surface area contributed by atoms with E-state index in [-0.39, 0.29) is 6.17 Å². The summed E-state index contributed by atoms with van der Waals surface area (Å²) in [6.07, 6.45) is 7.25. The van der Waals surface area contributed by atoms with Gasteiger partial charge in [0.2, 0.25) is 0 Å². The van der Waals surface area contributed by atoms with Gasteiger partial charge in [-0.05, 0) is 51.7 Å². The zero-order valence-electron chi connectivity index (χ0n) is 13.8. The Morgan fingerprint density at radius 3 is 2.59 bits per heavy atom. The Kier molecular flexibility index (Phi) is 2.93. The Morgan fingerprint density at radius 1 is 1.14 bits per heavy atom. The Morgan fingerprint density at radius 2 is 1.86 bits per heavy atom. The van der Waals surface area contributed by atoms with E-state index in [0.717, 1.165) is 18.7 Å². The van der Waals surface area contributed by atoms with Crippen molar-refractivity contribution >= 4 is 17.1 Å². The second-order valence-corrected chi connectivity index (χ2v) is 6.68. The van der Waals surface area contributed by atoms with E-state index in [1.165, 1.54) is 28.0 Å². The Labute approximate surface area is 132 Å². The zero-order valence-corrected chi connectivity index (χ0v) is 13.8. The molecule has 0 amide bonds. The molecule has 4 rings (SSSR count). The van der Waals surface area contributed by atoms with Crippen LogP contribution in [-0.2, 0) is 0 Å². The maximum Gasteiger partial charge on any atom is 0.162 e. The third-order valence-electron chi connectivity index (χ3n) is 4.89. The van der Waals surface area contributed by atoms with E-state index in [4.69, 9.17) is 5.10 Å². The maximum atomic E-state index is 4.98. The molecule has 1 atom stereocenters. The van der Waals surface area contributed by atoms with Crippen molar-refractivity contribution in [2.24, 2.45) is 5.10 Å². The molecule has 0 saturated heterocycles. The van der Waals surface area contributed by atoms with Gasteiger partial charge in [0.25, 0.3) is 0 Å². The number of hydrazone groups is 1. The van der Waals surface area contributed by atoms with Crippen molar-refractivity contribution in [1.82, 2.24) is 5.01 Å². The molecule has 0 radical (unpaired) electrons. The predicted molar refractivity (Wildman–Crippen MR) is 92.8 cm³/mol. The van der Waals surface area contributed by atoms with E-state index in [9.17, 15) is 0 Å². The molecular weight excluding hydrogens is 270 g/mol. The van der Waals surface area contributed by atoms with Crippen LogP contribution in [0.25, 0.3) is 5.57 Å². The molecule has 2 aliphatic heterocycles. The summed E-state index contributed by atoms with van der Waals surface area (Å²) in [5, 5.41) is 7.21. The van der Waals surface area contributed by atoms with Gasteiger partial charge >= 0.3 is 0 Å². The molecule has 1 unspecified atom stereocenters. The lowest BCUT2D eigenvalue weighted by molar-refractivity contribution is 0.195. The van der Waals surface area contributed by atoms with Crippen molar-refractivity contribution in [3.8, 4) is 0 Å². The molecule has 1 aromatic carbocycles. The molecule has 3 nitrogen and oxygen atoms in total. The summed E-state index contributed by atoms with van der Waals surface area (Å²) >= 11 is 0. The average molecular weight is 293 g/mol. The fraction of sp³-hybridized carbons (Fsp3) is 0.421. The van der Waals surface area contributed by atoms with Crippen LogP contribution in [0.1, 0.15) is 44.7 Å².